The molecular formula is C19H20FNO2. The van der Waals surface area contributed by atoms with Crippen molar-refractivity contribution in [3.63, 3.8) is 0 Å². The Labute approximate surface area is 135 Å². The number of alkyl halides is 1. The highest BCUT2D eigenvalue weighted by Crippen LogP contribution is 2.33. The van der Waals surface area contributed by atoms with Gasteiger partial charge in [0, 0.05) is 11.9 Å². The first kappa shape index (κ1) is 15.6. The molecule has 0 saturated heterocycles. The Hall–Kier alpha value is -2.33. The number of nitrogens with one attached hydrogen (secondary N) is 1. The SMILES string of the molecule is CNC[C@H](F)[C@@H](Oc1cccc2cc(C)oc12)c1ccccc1. The Balaban J connectivity index is 1.97. The van der Waals surface area contributed by atoms with E-state index in [9.17, 15) is 4.39 Å². The molecule has 3 rings (SSSR count). The maximum absolute atomic E-state index is 14.6. The van der Waals surface area contributed by atoms with Gasteiger partial charge in [0.15, 0.2) is 23.6 Å². The number of furan rings is 1. The maximum Gasteiger partial charge on any atom is 0.176 e. The summed E-state index contributed by atoms with van der Waals surface area (Å²) in [5.41, 5.74) is 1.46. The minimum absolute atomic E-state index is 0.215. The van der Waals surface area contributed by atoms with E-state index in [4.69, 9.17) is 9.15 Å². The van der Waals surface area contributed by atoms with Crippen molar-refractivity contribution >= 4 is 11.0 Å². The lowest BCUT2D eigenvalue weighted by Gasteiger charge is -2.23. The minimum atomic E-state index is -1.17. The number of benzene rings is 2. The molecule has 0 saturated carbocycles. The highest BCUT2D eigenvalue weighted by atomic mass is 19.1. The van der Waals surface area contributed by atoms with E-state index < -0.39 is 12.3 Å². The van der Waals surface area contributed by atoms with E-state index in [1.807, 2.05) is 61.5 Å². The summed E-state index contributed by atoms with van der Waals surface area (Å²) in [4.78, 5) is 0. The Bertz CT molecular complexity index is 769. The van der Waals surface area contributed by atoms with E-state index in [1.54, 1.807) is 7.05 Å². The van der Waals surface area contributed by atoms with Gasteiger partial charge in [-0.2, -0.15) is 0 Å². The quantitative estimate of drug-likeness (QED) is 0.731. The largest absolute Gasteiger partial charge is 0.479 e. The molecular weight excluding hydrogens is 293 g/mol. The summed E-state index contributed by atoms with van der Waals surface area (Å²) in [6, 6.07) is 17.0. The molecule has 2 aromatic carbocycles. The van der Waals surface area contributed by atoms with Crippen molar-refractivity contribution in [2.24, 2.45) is 0 Å². The average molecular weight is 313 g/mol. The van der Waals surface area contributed by atoms with Crippen LogP contribution in [-0.4, -0.2) is 19.8 Å². The molecule has 0 fully saturated rings. The van der Waals surface area contributed by atoms with Crippen LogP contribution in [0, 0.1) is 6.92 Å². The molecule has 0 spiro atoms. The van der Waals surface area contributed by atoms with Crippen molar-refractivity contribution < 1.29 is 13.5 Å². The van der Waals surface area contributed by atoms with Gasteiger partial charge >= 0.3 is 0 Å². The van der Waals surface area contributed by atoms with Crippen LogP contribution in [0.1, 0.15) is 17.4 Å². The van der Waals surface area contributed by atoms with Crippen LogP contribution in [0.5, 0.6) is 5.75 Å². The third kappa shape index (κ3) is 3.37. The van der Waals surface area contributed by atoms with Crippen LogP contribution in [0.25, 0.3) is 11.0 Å². The molecule has 120 valence electrons. The van der Waals surface area contributed by atoms with Crippen LogP contribution in [-0.2, 0) is 0 Å². The Morgan fingerprint density at radius 3 is 2.65 bits per heavy atom. The second-order valence-electron chi connectivity index (χ2n) is 5.55. The number of aryl methyl sites for hydroxylation is 1. The zero-order valence-corrected chi connectivity index (χ0v) is 13.3. The fourth-order valence-corrected chi connectivity index (χ4v) is 2.69. The first-order chi connectivity index (χ1) is 11.2. The summed E-state index contributed by atoms with van der Waals surface area (Å²) in [7, 11) is 1.73. The number of hydrogen-bond acceptors (Lipinski definition) is 3. The van der Waals surface area contributed by atoms with Gasteiger partial charge in [-0.3, -0.25) is 0 Å². The fourth-order valence-electron chi connectivity index (χ4n) is 2.69. The Morgan fingerprint density at radius 1 is 1.13 bits per heavy atom. The number of rotatable bonds is 6. The number of halogens is 1. The summed E-state index contributed by atoms with van der Waals surface area (Å²) < 4.78 is 26.4. The number of hydrogen-bond donors (Lipinski definition) is 1. The topological polar surface area (TPSA) is 34.4 Å². The summed E-state index contributed by atoms with van der Waals surface area (Å²) in [5.74, 6) is 1.36. The van der Waals surface area contributed by atoms with Gasteiger partial charge < -0.3 is 14.5 Å². The third-order valence-corrected chi connectivity index (χ3v) is 3.74. The molecule has 1 aromatic heterocycles. The van der Waals surface area contributed by atoms with Crippen molar-refractivity contribution in [1.82, 2.24) is 5.32 Å². The second kappa shape index (κ2) is 6.84. The lowest BCUT2D eigenvalue weighted by atomic mass is 10.0. The molecule has 0 radical (unpaired) electrons. The van der Waals surface area contributed by atoms with Crippen LogP contribution in [0.2, 0.25) is 0 Å². The van der Waals surface area contributed by atoms with Gasteiger partial charge in [0.25, 0.3) is 0 Å². The van der Waals surface area contributed by atoms with Crippen molar-refractivity contribution in [3.05, 3.63) is 65.9 Å². The fraction of sp³-hybridized carbons (Fsp3) is 0.263. The predicted octanol–water partition coefficient (Wildman–Crippen LogP) is 4.42. The third-order valence-electron chi connectivity index (χ3n) is 3.74. The molecule has 1 heterocycles. The molecule has 0 aliphatic rings. The molecule has 0 bridgehead atoms. The summed E-state index contributed by atoms with van der Waals surface area (Å²) in [6.45, 7) is 2.10. The first-order valence-electron chi connectivity index (χ1n) is 7.68. The molecule has 3 aromatic rings. The molecule has 0 aliphatic carbocycles. The predicted molar refractivity (Wildman–Crippen MR) is 89.6 cm³/mol. The van der Waals surface area contributed by atoms with Crippen LogP contribution in [0.3, 0.4) is 0 Å². The van der Waals surface area contributed by atoms with Gasteiger partial charge in [0.1, 0.15) is 5.76 Å². The Kier molecular flexibility index (Phi) is 4.63. The van der Waals surface area contributed by atoms with Gasteiger partial charge in [0.05, 0.1) is 0 Å². The molecule has 23 heavy (non-hydrogen) atoms. The van der Waals surface area contributed by atoms with Crippen molar-refractivity contribution in [3.8, 4) is 5.75 Å². The summed E-state index contributed by atoms with van der Waals surface area (Å²) in [5, 5.41) is 3.82. The summed E-state index contributed by atoms with van der Waals surface area (Å²) in [6.07, 6.45) is -1.87. The van der Waals surface area contributed by atoms with E-state index in [-0.39, 0.29) is 6.54 Å². The van der Waals surface area contributed by atoms with E-state index in [0.29, 0.717) is 11.3 Å². The van der Waals surface area contributed by atoms with Crippen LogP contribution in [0.15, 0.2) is 59.0 Å². The Morgan fingerprint density at radius 2 is 1.91 bits per heavy atom. The molecule has 0 unspecified atom stereocenters. The summed E-state index contributed by atoms with van der Waals surface area (Å²) >= 11 is 0. The highest BCUT2D eigenvalue weighted by Gasteiger charge is 2.25. The van der Waals surface area contributed by atoms with Gasteiger partial charge in [-0.15, -0.1) is 0 Å². The van der Waals surface area contributed by atoms with Crippen molar-refractivity contribution in [2.75, 3.05) is 13.6 Å². The standard InChI is InChI=1S/C19H20FNO2/c1-13-11-15-9-6-10-17(19(15)22-13)23-18(16(20)12-21-2)14-7-4-3-5-8-14/h3-11,16,18,21H,12H2,1-2H3/t16-,18-/m0/s1. The smallest absolute Gasteiger partial charge is 0.176 e. The first-order valence-corrected chi connectivity index (χ1v) is 7.68. The van der Waals surface area contributed by atoms with Gasteiger partial charge in [0.2, 0.25) is 0 Å². The highest BCUT2D eigenvalue weighted by molar-refractivity contribution is 5.83. The molecule has 1 N–H and O–H groups in total. The minimum Gasteiger partial charge on any atom is -0.479 e. The molecule has 0 aliphatic heterocycles. The van der Waals surface area contributed by atoms with Crippen LogP contribution < -0.4 is 10.1 Å². The zero-order valence-electron chi connectivity index (χ0n) is 13.3. The average Bonchev–Trinajstić information content (AvgIpc) is 2.94. The number of fused-ring (bicyclic) bond motifs is 1. The van der Waals surface area contributed by atoms with E-state index in [0.717, 1.165) is 16.7 Å². The van der Waals surface area contributed by atoms with Gasteiger partial charge in [-0.05, 0) is 31.7 Å². The lowest BCUT2D eigenvalue weighted by Crippen LogP contribution is -2.29. The molecule has 3 nitrogen and oxygen atoms in total. The van der Waals surface area contributed by atoms with Gasteiger partial charge in [-0.1, -0.05) is 42.5 Å². The molecule has 0 amide bonds. The van der Waals surface area contributed by atoms with Crippen molar-refractivity contribution in [2.45, 2.75) is 19.2 Å². The van der Waals surface area contributed by atoms with Gasteiger partial charge in [-0.25, -0.2) is 4.39 Å². The number of ether oxygens (including phenoxy) is 1. The van der Waals surface area contributed by atoms with E-state index in [2.05, 4.69) is 5.32 Å². The lowest BCUT2D eigenvalue weighted by molar-refractivity contribution is 0.101. The monoisotopic (exact) mass is 313 g/mol. The van der Waals surface area contributed by atoms with Crippen LogP contribution >= 0.6 is 0 Å². The number of para-hydroxylation sites is 1. The molecule has 4 heteroatoms. The van der Waals surface area contributed by atoms with Crippen LogP contribution in [0.4, 0.5) is 4.39 Å². The van der Waals surface area contributed by atoms with E-state index >= 15 is 0 Å². The molecule has 2 atom stereocenters. The van der Waals surface area contributed by atoms with E-state index in [1.165, 1.54) is 0 Å². The maximum atomic E-state index is 14.6. The second-order valence-corrected chi connectivity index (χ2v) is 5.55. The van der Waals surface area contributed by atoms with Crippen molar-refractivity contribution in [1.29, 1.82) is 0 Å². The zero-order chi connectivity index (χ0) is 16.2. The normalized spacial score (nSPS) is 13.9.